The second-order valence-corrected chi connectivity index (χ2v) is 4.79. The molecular formula is C17H23NO4. The fourth-order valence-electron chi connectivity index (χ4n) is 1.87. The lowest BCUT2D eigenvalue weighted by Gasteiger charge is -2.08. The lowest BCUT2D eigenvalue weighted by Crippen LogP contribution is -2.25. The molecule has 5 heteroatoms. The first-order valence-electron chi connectivity index (χ1n) is 7.33. The molecule has 0 spiro atoms. The molecule has 1 N–H and O–H groups in total. The van der Waals surface area contributed by atoms with Gasteiger partial charge in [-0.2, -0.15) is 0 Å². The molecule has 0 aliphatic heterocycles. The number of hydrogen-bond acceptors (Lipinski definition) is 4. The van der Waals surface area contributed by atoms with Gasteiger partial charge in [0.15, 0.2) is 0 Å². The molecule has 0 aromatic heterocycles. The largest absolute Gasteiger partial charge is 0.496 e. The summed E-state index contributed by atoms with van der Waals surface area (Å²) >= 11 is 0. The third-order valence-electron chi connectivity index (χ3n) is 2.97. The lowest BCUT2D eigenvalue weighted by molar-refractivity contribution is -0.143. The van der Waals surface area contributed by atoms with Gasteiger partial charge in [0, 0.05) is 18.2 Å². The van der Waals surface area contributed by atoms with E-state index in [4.69, 9.17) is 9.47 Å². The Morgan fingerprint density at radius 2 is 2.00 bits per heavy atom. The summed E-state index contributed by atoms with van der Waals surface area (Å²) in [5.41, 5.74) is 1.66. The Morgan fingerprint density at radius 1 is 1.27 bits per heavy atom. The highest BCUT2D eigenvalue weighted by Crippen LogP contribution is 2.24. The average Bonchev–Trinajstić information content (AvgIpc) is 2.52. The van der Waals surface area contributed by atoms with E-state index in [0.717, 1.165) is 17.6 Å². The molecule has 0 bridgehead atoms. The number of benzene rings is 1. The van der Waals surface area contributed by atoms with Gasteiger partial charge in [-0.25, -0.2) is 0 Å². The van der Waals surface area contributed by atoms with E-state index in [1.165, 1.54) is 6.08 Å². The van der Waals surface area contributed by atoms with E-state index in [2.05, 4.69) is 5.32 Å². The average molecular weight is 305 g/mol. The third-order valence-corrected chi connectivity index (χ3v) is 2.97. The Labute approximate surface area is 131 Å². The SMILES string of the molecule is CCCOC(=O)CCNC(=O)C=C(C)c1ccccc1OC. The Balaban J connectivity index is 2.51. The van der Waals surface area contributed by atoms with Gasteiger partial charge in [0.2, 0.25) is 5.91 Å². The monoisotopic (exact) mass is 305 g/mol. The van der Waals surface area contributed by atoms with Crippen molar-refractivity contribution in [1.82, 2.24) is 5.32 Å². The van der Waals surface area contributed by atoms with Crippen molar-refractivity contribution in [3.63, 3.8) is 0 Å². The van der Waals surface area contributed by atoms with Gasteiger partial charge in [-0.1, -0.05) is 25.1 Å². The van der Waals surface area contributed by atoms with Crippen LogP contribution in [-0.4, -0.2) is 32.1 Å². The molecule has 5 nitrogen and oxygen atoms in total. The molecule has 0 unspecified atom stereocenters. The van der Waals surface area contributed by atoms with Crippen LogP contribution in [0.4, 0.5) is 0 Å². The molecule has 120 valence electrons. The lowest BCUT2D eigenvalue weighted by atomic mass is 10.1. The van der Waals surface area contributed by atoms with Crippen LogP contribution in [0.3, 0.4) is 0 Å². The molecule has 22 heavy (non-hydrogen) atoms. The number of carbonyl (C=O) groups excluding carboxylic acids is 2. The topological polar surface area (TPSA) is 64.6 Å². The van der Waals surface area contributed by atoms with Crippen LogP contribution in [0.2, 0.25) is 0 Å². The van der Waals surface area contributed by atoms with E-state index >= 15 is 0 Å². The first kappa shape index (κ1) is 17.8. The number of allylic oxidation sites excluding steroid dienone is 1. The quantitative estimate of drug-likeness (QED) is 0.592. The summed E-state index contributed by atoms with van der Waals surface area (Å²) in [6, 6.07) is 7.49. The number of carbonyl (C=O) groups is 2. The van der Waals surface area contributed by atoms with Crippen LogP contribution >= 0.6 is 0 Å². The van der Waals surface area contributed by atoms with Crippen LogP contribution in [0.15, 0.2) is 30.3 Å². The summed E-state index contributed by atoms with van der Waals surface area (Å²) in [5.74, 6) is 0.173. The summed E-state index contributed by atoms with van der Waals surface area (Å²) in [5, 5.41) is 2.67. The fraction of sp³-hybridized carbons (Fsp3) is 0.412. The molecule has 1 aromatic rings. The number of amides is 1. The van der Waals surface area contributed by atoms with Crippen molar-refractivity contribution >= 4 is 17.4 Å². The number of para-hydroxylation sites is 1. The number of hydrogen-bond donors (Lipinski definition) is 1. The maximum absolute atomic E-state index is 11.8. The van der Waals surface area contributed by atoms with E-state index < -0.39 is 0 Å². The molecule has 0 aliphatic rings. The number of rotatable bonds is 8. The number of nitrogens with one attached hydrogen (secondary N) is 1. The highest BCUT2D eigenvalue weighted by Gasteiger charge is 2.07. The Morgan fingerprint density at radius 3 is 2.68 bits per heavy atom. The first-order valence-corrected chi connectivity index (χ1v) is 7.33. The van der Waals surface area contributed by atoms with Crippen molar-refractivity contribution in [2.24, 2.45) is 0 Å². The second kappa shape index (κ2) is 9.60. The van der Waals surface area contributed by atoms with Gasteiger partial charge in [-0.3, -0.25) is 9.59 Å². The van der Waals surface area contributed by atoms with Gasteiger partial charge in [0.25, 0.3) is 0 Å². The standard InChI is InChI=1S/C17H23NO4/c1-4-11-22-17(20)9-10-18-16(19)12-13(2)14-7-5-6-8-15(14)21-3/h5-8,12H,4,9-11H2,1-3H3,(H,18,19). The molecule has 0 aliphatic carbocycles. The normalized spacial score (nSPS) is 11.0. The van der Waals surface area contributed by atoms with Gasteiger partial charge in [0.05, 0.1) is 20.1 Å². The third kappa shape index (κ3) is 5.99. The van der Waals surface area contributed by atoms with Crippen molar-refractivity contribution in [3.8, 4) is 5.75 Å². The smallest absolute Gasteiger partial charge is 0.307 e. The molecule has 0 saturated carbocycles. The van der Waals surface area contributed by atoms with Gasteiger partial charge in [-0.15, -0.1) is 0 Å². The minimum atomic E-state index is -0.299. The minimum Gasteiger partial charge on any atom is -0.496 e. The van der Waals surface area contributed by atoms with Crippen molar-refractivity contribution in [1.29, 1.82) is 0 Å². The number of methoxy groups -OCH3 is 1. The summed E-state index contributed by atoms with van der Waals surface area (Å²) in [6.07, 6.45) is 2.46. The Hall–Kier alpha value is -2.30. The molecule has 0 fully saturated rings. The summed E-state index contributed by atoms with van der Waals surface area (Å²) < 4.78 is 10.2. The number of esters is 1. The van der Waals surface area contributed by atoms with E-state index in [0.29, 0.717) is 12.4 Å². The zero-order valence-electron chi connectivity index (χ0n) is 13.3. The van der Waals surface area contributed by atoms with Crippen molar-refractivity contribution < 1.29 is 19.1 Å². The Kier molecular flexibility index (Phi) is 7.75. The van der Waals surface area contributed by atoms with Crippen LogP contribution in [0.25, 0.3) is 5.57 Å². The van der Waals surface area contributed by atoms with Crippen LogP contribution in [0.1, 0.15) is 32.3 Å². The Bertz CT molecular complexity index is 537. The minimum absolute atomic E-state index is 0.174. The van der Waals surface area contributed by atoms with Crippen LogP contribution in [0, 0.1) is 0 Å². The predicted octanol–water partition coefficient (Wildman–Crippen LogP) is 2.56. The molecule has 0 saturated heterocycles. The number of ether oxygens (including phenoxy) is 2. The van der Waals surface area contributed by atoms with Crippen molar-refractivity contribution in [2.75, 3.05) is 20.3 Å². The zero-order chi connectivity index (χ0) is 16.4. The van der Waals surface area contributed by atoms with Gasteiger partial charge in [-0.05, 0) is 25.0 Å². The predicted molar refractivity (Wildman–Crippen MR) is 85.5 cm³/mol. The molecule has 0 radical (unpaired) electrons. The molecule has 1 amide bonds. The van der Waals surface area contributed by atoms with E-state index in [-0.39, 0.29) is 24.8 Å². The van der Waals surface area contributed by atoms with E-state index in [1.807, 2.05) is 38.1 Å². The highest BCUT2D eigenvalue weighted by atomic mass is 16.5. The molecule has 0 atom stereocenters. The maximum atomic E-state index is 11.8. The maximum Gasteiger partial charge on any atom is 0.307 e. The highest BCUT2D eigenvalue weighted by molar-refractivity contribution is 5.95. The van der Waals surface area contributed by atoms with Gasteiger partial charge >= 0.3 is 5.97 Å². The van der Waals surface area contributed by atoms with Crippen molar-refractivity contribution in [2.45, 2.75) is 26.7 Å². The molecular weight excluding hydrogens is 282 g/mol. The molecule has 0 heterocycles. The van der Waals surface area contributed by atoms with Gasteiger partial charge < -0.3 is 14.8 Å². The van der Waals surface area contributed by atoms with Crippen molar-refractivity contribution in [3.05, 3.63) is 35.9 Å². The van der Waals surface area contributed by atoms with E-state index in [1.54, 1.807) is 7.11 Å². The molecule has 1 rings (SSSR count). The summed E-state index contributed by atoms with van der Waals surface area (Å²) in [4.78, 5) is 23.1. The summed E-state index contributed by atoms with van der Waals surface area (Å²) in [6.45, 7) is 4.45. The van der Waals surface area contributed by atoms with Crippen LogP contribution in [-0.2, 0) is 14.3 Å². The van der Waals surface area contributed by atoms with Gasteiger partial charge in [0.1, 0.15) is 5.75 Å². The zero-order valence-corrected chi connectivity index (χ0v) is 13.3. The first-order chi connectivity index (χ1) is 10.6. The van der Waals surface area contributed by atoms with E-state index in [9.17, 15) is 9.59 Å². The van der Waals surface area contributed by atoms with Crippen LogP contribution < -0.4 is 10.1 Å². The molecule has 1 aromatic carbocycles. The fourth-order valence-corrected chi connectivity index (χ4v) is 1.87. The second-order valence-electron chi connectivity index (χ2n) is 4.79. The van der Waals surface area contributed by atoms with Crippen LogP contribution in [0.5, 0.6) is 5.75 Å². The summed E-state index contributed by atoms with van der Waals surface area (Å²) in [7, 11) is 1.59.